The van der Waals surface area contributed by atoms with E-state index in [0.717, 1.165) is 12.5 Å². The van der Waals surface area contributed by atoms with Crippen LogP contribution < -0.4 is 5.32 Å². The van der Waals surface area contributed by atoms with Crippen LogP contribution in [0.5, 0.6) is 0 Å². The van der Waals surface area contributed by atoms with Crippen LogP contribution in [0, 0.1) is 0 Å². The third-order valence-electron chi connectivity index (χ3n) is 2.25. The highest BCUT2D eigenvalue weighted by molar-refractivity contribution is 4.95. The van der Waals surface area contributed by atoms with Crippen LogP contribution in [0.1, 0.15) is 39.5 Å². The first-order valence-corrected chi connectivity index (χ1v) is 4.75. The third kappa shape index (κ3) is 3.06. The van der Waals surface area contributed by atoms with Crippen molar-refractivity contribution < 1.29 is 0 Å². The molecule has 0 aromatic rings. The predicted octanol–water partition coefficient (Wildman–Crippen LogP) is 2.48. The zero-order valence-electron chi connectivity index (χ0n) is 7.64. The van der Waals surface area contributed by atoms with E-state index in [1.807, 2.05) is 0 Å². The van der Waals surface area contributed by atoms with Gasteiger partial charge in [-0.25, -0.2) is 0 Å². The van der Waals surface area contributed by atoms with Crippen LogP contribution >= 0.6 is 0 Å². The minimum atomic E-state index is 0.652. The highest BCUT2D eigenvalue weighted by Crippen LogP contribution is 2.12. The molecule has 0 radical (unpaired) electrons. The zero-order valence-corrected chi connectivity index (χ0v) is 7.64. The van der Waals surface area contributed by atoms with Crippen LogP contribution in [-0.2, 0) is 0 Å². The van der Waals surface area contributed by atoms with Crippen molar-refractivity contribution in [3.05, 3.63) is 12.2 Å². The summed E-state index contributed by atoms with van der Waals surface area (Å²) in [7, 11) is 0. The van der Waals surface area contributed by atoms with Gasteiger partial charge in [0.15, 0.2) is 0 Å². The first-order valence-electron chi connectivity index (χ1n) is 4.75. The normalized spacial score (nSPS) is 32.9. The molecule has 0 saturated carbocycles. The fourth-order valence-electron chi connectivity index (χ4n) is 1.63. The topological polar surface area (TPSA) is 12.0 Å². The Labute approximate surface area is 69.9 Å². The molecule has 1 rings (SSSR count). The smallest absolute Gasteiger partial charge is 0.0252 e. The van der Waals surface area contributed by atoms with E-state index in [4.69, 9.17) is 0 Å². The Bertz CT molecular complexity index is 129. The lowest BCUT2D eigenvalue weighted by molar-refractivity contribution is 0.374. The van der Waals surface area contributed by atoms with Gasteiger partial charge in [-0.15, -0.1) is 0 Å². The molecule has 1 aliphatic heterocycles. The fraction of sp³-hybridized carbons (Fsp3) is 0.800. The summed E-state index contributed by atoms with van der Waals surface area (Å²) >= 11 is 0. The SMILES string of the molecule is CCC=CC1CCCC(C)N1. The van der Waals surface area contributed by atoms with E-state index in [9.17, 15) is 0 Å². The van der Waals surface area contributed by atoms with E-state index in [1.165, 1.54) is 19.3 Å². The molecular weight excluding hydrogens is 134 g/mol. The lowest BCUT2D eigenvalue weighted by Crippen LogP contribution is -2.39. The molecule has 1 fully saturated rings. The number of nitrogens with one attached hydrogen (secondary N) is 1. The van der Waals surface area contributed by atoms with Crippen molar-refractivity contribution in [2.45, 2.75) is 51.6 Å². The first kappa shape index (κ1) is 8.79. The van der Waals surface area contributed by atoms with Gasteiger partial charge in [-0.3, -0.25) is 0 Å². The van der Waals surface area contributed by atoms with Crippen LogP contribution in [0.25, 0.3) is 0 Å². The molecule has 64 valence electrons. The monoisotopic (exact) mass is 153 g/mol. The van der Waals surface area contributed by atoms with Gasteiger partial charge in [-0.2, -0.15) is 0 Å². The second kappa shape index (κ2) is 4.55. The number of hydrogen-bond donors (Lipinski definition) is 1. The minimum Gasteiger partial charge on any atom is -0.308 e. The summed E-state index contributed by atoms with van der Waals surface area (Å²) in [6.07, 6.45) is 9.78. The maximum atomic E-state index is 3.56. The molecule has 1 aliphatic rings. The summed E-state index contributed by atoms with van der Waals surface area (Å²) < 4.78 is 0. The van der Waals surface area contributed by atoms with Crippen LogP contribution in [-0.4, -0.2) is 12.1 Å². The van der Waals surface area contributed by atoms with Crippen LogP contribution in [0.2, 0.25) is 0 Å². The van der Waals surface area contributed by atoms with Gasteiger partial charge in [0, 0.05) is 12.1 Å². The van der Waals surface area contributed by atoms with Gasteiger partial charge in [0.05, 0.1) is 0 Å². The van der Waals surface area contributed by atoms with E-state index in [-0.39, 0.29) is 0 Å². The average molecular weight is 153 g/mol. The van der Waals surface area contributed by atoms with Crippen LogP contribution in [0.3, 0.4) is 0 Å². The highest BCUT2D eigenvalue weighted by atomic mass is 14.9. The van der Waals surface area contributed by atoms with E-state index in [2.05, 4.69) is 31.3 Å². The number of piperidine rings is 1. The second-order valence-corrected chi connectivity index (χ2v) is 3.44. The molecule has 1 heterocycles. The van der Waals surface area contributed by atoms with Crippen molar-refractivity contribution in [2.75, 3.05) is 0 Å². The van der Waals surface area contributed by atoms with Crippen molar-refractivity contribution >= 4 is 0 Å². The Morgan fingerprint density at radius 3 is 2.91 bits per heavy atom. The molecule has 1 N–H and O–H groups in total. The van der Waals surface area contributed by atoms with E-state index in [0.29, 0.717) is 6.04 Å². The Morgan fingerprint density at radius 1 is 1.45 bits per heavy atom. The van der Waals surface area contributed by atoms with Crippen molar-refractivity contribution in [1.82, 2.24) is 5.32 Å². The van der Waals surface area contributed by atoms with Crippen LogP contribution in [0.4, 0.5) is 0 Å². The van der Waals surface area contributed by atoms with Gasteiger partial charge in [0.1, 0.15) is 0 Å². The molecule has 2 atom stereocenters. The van der Waals surface area contributed by atoms with E-state index >= 15 is 0 Å². The first-order chi connectivity index (χ1) is 5.33. The largest absolute Gasteiger partial charge is 0.308 e. The van der Waals surface area contributed by atoms with Crippen LogP contribution in [0.15, 0.2) is 12.2 Å². The molecule has 1 saturated heterocycles. The molecule has 0 aromatic heterocycles. The van der Waals surface area contributed by atoms with Gasteiger partial charge in [0.25, 0.3) is 0 Å². The Kier molecular flexibility index (Phi) is 3.64. The summed E-state index contributed by atoms with van der Waals surface area (Å²) in [6.45, 7) is 4.45. The van der Waals surface area contributed by atoms with E-state index in [1.54, 1.807) is 0 Å². The van der Waals surface area contributed by atoms with Gasteiger partial charge < -0.3 is 5.32 Å². The predicted molar refractivity (Wildman–Crippen MR) is 49.7 cm³/mol. The highest BCUT2D eigenvalue weighted by Gasteiger charge is 2.14. The Balaban J connectivity index is 2.28. The van der Waals surface area contributed by atoms with Gasteiger partial charge in [-0.05, 0) is 26.2 Å². The third-order valence-corrected chi connectivity index (χ3v) is 2.25. The standard InChI is InChI=1S/C10H19N/c1-3-4-7-10-8-5-6-9(2)11-10/h4,7,9-11H,3,5-6,8H2,1-2H3. The average Bonchev–Trinajstić information content (AvgIpc) is 2.01. The maximum Gasteiger partial charge on any atom is 0.0252 e. The molecule has 2 unspecified atom stereocenters. The lowest BCUT2D eigenvalue weighted by Gasteiger charge is -2.26. The quantitative estimate of drug-likeness (QED) is 0.601. The summed E-state index contributed by atoms with van der Waals surface area (Å²) in [5.41, 5.74) is 0. The molecule has 0 amide bonds. The Hall–Kier alpha value is -0.300. The fourth-order valence-corrected chi connectivity index (χ4v) is 1.63. The number of hydrogen-bond acceptors (Lipinski definition) is 1. The van der Waals surface area contributed by atoms with Gasteiger partial charge >= 0.3 is 0 Å². The molecule has 11 heavy (non-hydrogen) atoms. The molecule has 1 nitrogen and oxygen atoms in total. The summed E-state index contributed by atoms with van der Waals surface area (Å²) in [4.78, 5) is 0. The van der Waals surface area contributed by atoms with Crippen molar-refractivity contribution in [1.29, 1.82) is 0 Å². The summed E-state index contributed by atoms with van der Waals surface area (Å²) in [6, 6.07) is 1.37. The molecule has 1 heteroatoms. The lowest BCUT2D eigenvalue weighted by atomic mass is 9.99. The molecule has 0 aromatic carbocycles. The van der Waals surface area contributed by atoms with Gasteiger partial charge in [0.2, 0.25) is 0 Å². The second-order valence-electron chi connectivity index (χ2n) is 3.44. The molecule has 0 bridgehead atoms. The number of rotatable bonds is 2. The van der Waals surface area contributed by atoms with Crippen molar-refractivity contribution in [3.8, 4) is 0 Å². The van der Waals surface area contributed by atoms with Crippen molar-refractivity contribution in [2.24, 2.45) is 0 Å². The minimum absolute atomic E-state index is 0.652. The van der Waals surface area contributed by atoms with E-state index < -0.39 is 0 Å². The summed E-state index contributed by atoms with van der Waals surface area (Å²) in [5.74, 6) is 0. The van der Waals surface area contributed by atoms with Gasteiger partial charge in [-0.1, -0.05) is 25.5 Å². The maximum absolute atomic E-state index is 3.56. The molecule has 0 spiro atoms. The van der Waals surface area contributed by atoms with Crippen molar-refractivity contribution in [3.63, 3.8) is 0 Å². The number of allylic oxidation sites excluding steroid dienone is 1. The molecular formula is C10H19N. The molecule has 0 aliphatic carbocycles. The zero-order chi connectivity index (χ0) is 8.10. The Morgan fingerprint density at radius 2 is 2.27 bits per heavy atom. The summed E-state index contributed by atoms with van der Waals surface area (Å²) in [5, 5.41) is 3.56.